The van der Waals surface area contributed by atoms with Crippen molar-refractivity contribution in [3.05, 3.63) is 0 Å². The Bertz CT molecular complexity index is 229. The number of nitrogens with zero attached hydrogens (tertiary/aromatic N) is 1. The van der Waals surface area contributed by atoms with Gasteiger partial charge in [-0.25, -0.2) is 5.06 Å². The molecule has 2 aliphatic heterocycles. The van der Waals surface area contributed by atoms with Crippen LogP contribution < -0.4 is 5.73 Å². The molecular formula is C10H18N2O3. The van der Waals surface area contributed by atoms with E-state index in [1.54, 1.807) is 0 Å². The highest BCUT2D eigenvalue weighted by Gasteiger charge is 2.33. The van der Waals surface area contributed by atoms with E-state index in [-0.39, 0.29) is 18.1 Å². The number of nitrogens with two attached hydrogens (primary N) is 1. The van der Waals surface area contributed by atoms with Crippen molar-refractivity contribution < 1.29 is 14.4 Å². The molecule has 2 saturated heterocycles. The van der Waals surface area contributed by atoms with Crippen LogP contribution >= 0.6 is 0 Å². The largest absolute Gasteiger partial charge is 0.364 e. The van der Waals surface area contributed by atoms with Crippen molar-refractivity contribution in [2.24, 2.45) is 5.73 Å². The molecule has 2 atom stereocenters. The standard InChI is InChI=1S/C10H18N2O3/c11-7-8-3-4-9(15-8)10(13)12-5-1-2-6-14-12/h8-9H,1-7,11H2. The molecule has 0 saturated carbocycles. The van der Waals surface area contributed by atoms with Crippen molar-refractivity contribution in [3.8, 4) is 0 Å². The van der Waals surface area contributed by atoms with Crippen LogP contribution in [0.2, 0.25) is 0 Å². The summed E-state index contributed by atoms with van der Waals surface area (Å²) < 4.78 is 5.53. The van der Waals surface area contributed by atoms with Crippen molar-refractivity contribution in [1.29, 1.82) is 0 Å². The number of amides is 1. The monoisotopic (exact) mass is 214 g/mol. The van der Waals surface area contributed by atoms with Gasteiger partial charge in [0.25, 0.3) is 5.91 Å². The summed E-state index contributed by atoms with van der Waals surface area (Å²) in [7, 11) is 0. The molecule has 1 amide bonds. The minimum Gasteiger partial charge on any atom is -0.364 e. The van der Waals surface area contributed by atoms with Gasteiger partial charge in [0.05, 0.1) is 12.7 Å². The van der Waals surface area contributed by atoms with E-state index in [1.807, 2.05) is 0 Å². The number of carbonyl (C=O) groups excluding carboxylic acids is 1. The first-order chi connectivity index (χ1) is 7.31. The summed E-state index contributed by atoms with van der Waals surface area (Å²) in [5.74, 6) is -0.0364. The van der Waals surface area contributed by atoms with Crippen LogP contribution in [-0.2, 0) is 14.4 Å². The molecule has 0 spiro atoms. The molecule has 5 heteroatoms. The Labute approximate surface area is 89.5 Å². The lowest BCUT2D eigenvalue weighted by Gasteiger charge is -2.27. The van der Waals surface area contributed by atoms with Gasteiger partial charge >= 0.3 is 0 Å². The molecular weight excluding hydrogens is 196 g/mol. The molecule has 2 heterocycles. The maximum atomic E-state index is 11.9. The van der Waals surface area contributed by atoms with Gasteiger partial charge in [-0.1, -0.05) is 0 Å². The van der Waals surface area contributed by atoms with E-state index in [9.17, 15) is 4.79 Å². The Morgan fingerprint density at radius 1 is 1.40 bits per heavy atom. The molecule has 0 radical (unpaired) electrons. The highest BCUT2D eigenvalue weighted by atomic mass is 16.7. The van der Waals surface area contributed by atoms with Crippen LogP contribution in [-0.4, -0.2) is 42.9 Å². The first-order valence-corrected chi connectivity index (χ1v) is 5.61. The quantitative estimate of drug-likeness (QED) is 0.705. The molecule has 2 N–H and O–H groups in total. The van der Waals surface area contributed by atoms with E-state index < -0.39 is 0 Å². The smallest absolute Gasteiger partial charge is 0.275 e. The van der Waals surface area contributed by atoms with Crippen LogP contribution in [0.5, 0.6) is 0 Å². The normalized spacial score (nSPS) is 31.9. The predicted octanol–water partition coefficient (Wildman–Crippen LogP) is 0.0467. The third kappa shape index (κ3) is 2.48. The number of rotatable bonds is 2. The lowest BCUT2D eigenvalue weighted by atomic mass is 10.2. The molecule has 2 rings (SSSR count). The summed E-state index contributed by atoms with van der Waals surface area (Å²) >= 11 is 0. The van der Waals surface area contributed by atoms with Gasteiger partial charge in [-0.3, -0.25) is 9.63 Å². The Hall–Kier alpha value is -0.650. The third-order valence-corrected chi connectivity index (χ3v) is 2.89. The van der Waals surface area contributed by atoms with Gasteiger partial charge in [-0.05, 0) is 25.7 Å². The van der Waals surface area contributed by atoms with Crippen molar-refractivity contribution in [1.82, 2.24) is 5.06 Å². The van der Waals surface area contributed by atoms with Gasteiger partial charge in [0.15, 0.2) is 0 Å². The zero-order valence-electron chi connectivity index (χ0n) is 8.85. The van der Waals surface area contributed by atoms with Crippen LogP contribution in [0.25, 0.3) is 0 Å². The molecule has 2 aliphatic rings. The summed E-state index contributed by atoms with van der Waals surface area (Å²) in [6.45, 7) is 1.81. The van der Waals surface area contributed by atoms with E-state index >= 15 is 0 Å². The van der Waals surface area contributed by atoms with Crippen molar-refractivity contribution in [3.63, 3.8) is 0 Å². The molecule has 15 heavy (non-hydrogen) atoms. The number of hydroxylamine groups is 2. The Kier molecular flexibility index (Phi) is 3.56. The van der Waals surface area contributed by atoms with Crippen LogP contribution in [0.3, 0.4) is 0 Å². The zero-order valence-corrected chi connectivity index (χ0v) is 8.85. The minimum atomic E-state index is -0.336. The van der Waals surface area contributed by atoms with E-state index in [2.05, 4.69) is 0 Å². The maximum absolute atomic E-state index is 11.9. The second-order valence-corrected chi connectivity index (χ2v) is 4.04. The summed E-state index contributed by atoms with van der Waals surface area (Å²) in [5, 5.41) is 1.45. The molecule has 0 aromatic heterocycles. The second-order valence-electron chi connectivity index (χ2n) is 4.04. The molecule has 0 aliphatic carbocycles. The predicted molar refractivity (Wildman–Crippen MR) is 53.8 cm³/mol. The highest BCUT2D eigenvalue weighted by Crippen LogP contribution is 2.21. The van der Waals surface area contributed by atoms with E-state index in [1.165, 1.54) is 5.06 Å². The number of hydrogen-bond donors (Lipinski definition) is 1. The van der Waals surface area contributed by atoms with Gasteiger partial charge in [0.2, 0.25) is 0 Å². The minimum absolute atomic E-state index is 0.0364. The molecule has 2 fully saturated rings. The van der Waals surface area contributed by atoms with Gasteiger partial charge in [-0.2, -0.15) is 0 Å². The average Bonchev–Trinajstić information content (AvgIpc) is 2.78. The lowest BCUT2D eigenvalue weighted by molar-refractivity contribution is -0.206. The van der Waals surface area contributed by atoms with Crippen molar-refractivity contribution >= 4 is 5.91 Å². The Morgan fingerprint density at radius 3 is 2.87 bits per heavy atom. The summed E-state index contributed by atoms with van der Waals surface area (Å²) in [5.41, 5.74) is 5.49. The highest BCUT2D eigenvalue weighted by molar-refractivity contribution is 5.80. The third-order valence-electron chi connectivity index (χ3n) is 2.89. The lowest BCUT2D eigenvalue weighted by Crippen LogP contribution is -2.42. The first-order valence-electron chi connectivity index (χ1n) is 5.61. The topological polar surface area (TPSA) is 64.8 Å². The fourth-order valence-electron chi connectivity index (χ4n) is 1.99. The fraction of sp³-hybridized carbons (Fsp3) is 0.900. The van der Waals surface area contributed by atoms with Crippen molar-refractivity contribution in [2.45, 2.75) is 37.9 Å². The summed E-state index contributed by atoms with van der Waals surface area (Å²) in [4.78, 5) is 17.2. The molecule has 0 aromatic rings. The van der Waals surface area contributed by atoms with E-state index in [4.69, 9.17) is 15.3 Å². The van der Waals surface area contributed by atoms with Crippen LogP contribution in [0.15, 0.2) is 0 Å². The van der Waals surface area contributed by atoms with Gasteiger partial charge in [-0.15, -0.1) is 0 Å². The summed E-state index contributed by atoms with van der Waals surface area (Å²) in [6, 6.07) is 0. The van der Waals surface area contributed by atoms with Crippen LogP contribution in [0, 0.1) is 0 Å². The van der Waals surface area contributed by atoms with E-state index in [0.717, 1.165) is 25.7 Å². The number of ether oxygens (including phenoxy) is 1. The molecule has 5 nitrogen and oxygen atoms in total. The van der Waals surface area contributed by atoms with Gasteiger partial charge in [0.1, 0.15) is 6.10 Å². The van der Waals surface area contributed by atoms with Gasteiger partial charge in [0, 0.05) is 13.1 Å². The molecule has 86 valence electrons. The number of carbonyl (C=O) groups is 1. The van der Waals surface area contributed by atoms with Crippen LogP contribution in [0.1, 0.15) is 25.7 Å². The average molecular weight is 214 g/mol. The van der Waals surface area contributed by atoms with E-state index in [0.29, 0.717) is 19.7 Å². The zero-order chi connectivity index (χ0) is 10.7. The number of hydrogen-bond acceptors (Lipinski definition) is 4. The van der Waals surface area contributed by atoms with Gasteiger partial charge < -0.3 is 10.5 Å². The molecule has 2 unspecified atom stereocenters. The Morgan fingerprint density at radius 2 is 2.27 bits per heavy atom. The maximum Gasteiger partial charge on any atom is 0.275 e. The van der Waals surface area contributed by atoms with Crippen molar-refractivity contribution in [2.75, 3.05) is 19.7 Å². The SMILES string of the molecule is NCC1CCC(C(=O)N2CCCCO2)O1. The molecule has 0 bridgehead atoms. The first kappa shape index (κ1) is 10.9. The summed E-state index contributed by atoms with van der Waals surface area (Å²) in [6.07, 6.45) is 3.39. The second kappa shape index (κ2) is 4.92. The Balaban J connectivity index is 1.85. The fourth-order valence-corrected chi connectivity index (χ4v) is 1.99. The van der Waals surface area contributed by atoms with Crippen LogP contribution in [0.4, 0.5) is 0 Å². The molecule has 0 aromatic carbocycles.